The van der Waals surface area contributed by atoms with Crippen LogP contribution in [-0.4, -0.2) is 32.7 Å². The maximum absolute atomic E-state index is 14.2. The monoisotopic (exact) mass is 434 g/mol. The van der Waals surface area contributed by atoms with E-state index in [9.17, 15) is 4.79 Å². The van der Waals surface area contributed by atoms with Gasteiger partial charge in [-0.3, -0.25) is 0 Å². The number of aryl methyl sites for hydroxylation is 2. The van der Waals surface area contributed by atoms with E-state index in [0.29, 0.717) is 5.92 Å². The number of fused-ring (bicyclic) bond motifs is 3. The van der Waals surface area contributed by atoms with Gasteiger partial charge in [0, 0.05) is 0 Å². The molecule has 160 valence electrons. The molecule has 0 saturated heterocycles. The van der Waals surface area contributed by atoms with Gasteiger partial charge in [0.25, 0.3) is 0 Å². The molecule has 2 aromatic rings. The van der Waals surface area contributed by atoms with E-state index in [1.807, 2.05) is 0 Å². The molecule has 5 rings (SSSR count). The minimum atomic E-state index is -1.57. The van der Waals surface area contributed by atoms with Gasteiger partial charge in [-0.25, -0.2) is 0 Å². The maximum atomic E-state index is 14.2. The van der Waals surface area contributed by atoms with Crippen molar-refractivity contribution >= 4 is 44.4 Å². The van der Waals surface area contributed by atoms with Crippen LogP contribution in [0.4, 0.5) is 0 Å². The molecule has 0 aliphatic heterocycles. The van der Waals surface area contributed by atoms with Crippen LogP contribution in [0, 0.1) is 5.92 Å². The molecule has 3 aliphatic rings. The van der Waals surface area contributed by atoms with Gasteiger partial charge in [-0.05, 0) is 0 Å². The molecule has 32 heavy (non-hydrogen) atoms. The second-order valence-electron chi connectivity index (χ2n) is 10.3. The van der Waals surface area contributed by atoms with Crippen molar-refractivity contribution in [2.24, 2.45) is 5.92 Å². The van der Waals surface area contributed by atoms with Crippen LogP contribution in [-0.2, 0) is 31.6 Å². The van der Waals surface area contributed by atoms with Crippen LogP contribution in [0.15, 0.2) is 48.6 Å². The molecule has 0 bridgehead atoms. The van der Waals surface area contributed by atoms with Crippen molar-refractivity contribution < 1.29 is 9.22 Å². The Morgan fingerprint density at radius 3 is 2.59 bits per heavy atom. The van der Waals surface area contributed by atoms with E-state index in [4.69, 9.17) is 4.43 Å². The third kappa shape index (κ3) is 3.02. The molecule has 3 unspecified atom stereocenters. The Kier molecular flexibility index (Phi) is 5.44. The summed E-state index contributed by atoms with van der Waals surface area (Å²) in [4.78, 5) is 14.2. The molecule has 2 nitrogen and oxygen atoms in total. The molecule has 0 spiro atoms. The fourth-order valence-corrected chi connectivity index (χ4v) is 6.75. The van der Waals surface area contributed by atoms with Gasteiger partial charge in [-0.2, -0.15) is 0 Å². The number of hydrogen-bond acceptors (Lipinski definition) is 2. The van der Waals surface area contributed by atoms with Gasteiger partial charge in [0.2, 0.25) is 0 Å². The molecular weight excluding hydrogens is 403 g/mol. The zero-order valence-corrected chi connectivity index (χ0v) is 21.2. The van der Waals surface area contributed by atoms with Crippen LogP contribution in [0.1, 0.15) is 60.1 Å². The molecular formula is C28H31LiO2Si. The van der Waals surface area contributed by atoms with Crippen LogP contribution in [0.2, 0.25) is 13.1 Å². The first-order chi connectivity index (χ1) is 15.3. The molecule has 0 fully saturated rings. The fourth-order valence-electron chi connectivity index (χ4n) is 6.13. The summed E-state index contributed by atoms with van der Waals surface area (Å²) in [6.07, 6.45) is 11.4. The molecule has 3 atom stereocenters. The summed E-state index contributed by atoms with van der Waals surface area (Å²) in [5.74, 6) is 0.306. The number of carbonyl (C=O) groups is 1. The first kappa shape index (κ1) is 22.0. The van der Waals surface area contributed by atoms with Gasteiger partial charge < -0.3 is 0 Å². The van der Waals surface area contributed by atoms with Crippen molar-refractivity contribution in [3.8, 4) is 0 Å². The van der Waals surface area contributed by atoms with Gasteiger partial charge in [-0.1, -0.05) is 0 Å². The molecule has 0 radical (unpaired) electrons. The van der Waals surface area contributed by atoms with E-state index < -0.39 is 18.5 Å². The Morgan fingerprint density at radius 2 is 1.88 bits per heavy atom. The Bertz CT molecular complexity index is 1160. The quantitative estimate of drug-likeness (QED) is 0.583. The summed E-state index contributed by atoms with van der Waals surface area (Å²) in [5.41, 5.74) is 8.25. The van der Waals surface area contributed by atoms with Crippen LogP contribution in [0.5, 0.6) is 0 Å². The molecule has 0 saturated carbocycles. The van der Waals surface area contributed by atoms with Crippen molar-refractivity contribution in [1.29, 1.82) is 0 Å². The van der Waals surface area contributed by atoms with Crippen molar-refractivity contribution in [2.75, 3.05) is 0 Å². The third-order valence-corrected chi connectivity index (χ3v) is 8.77. The van der Waals surface area contributed by atoms with Gasteiger partial charge >= 0.3 is 204 Å². The van der Waals surface area contributed by atoms with Crippen LogP contribution >= 0.6 is 0 Å². The SMILES string of the molecule is [Li][C]1(C2(C(=O)O[SiH](C)C)C=C(C(C)CC)c3ccccc32)C=Cc2cc3c(cc21)CCC3. The summed E-state index contributed by atoms with van der Waals surface area (Å²) >= 11 is 2.26. The first-order valence-corrected chi connectivity index (χ1v) is 15.0. The summed E-state index contributed by atoms with van der Waals surface area (Å²) in [7, 11) is -1.57. The van der Waals surface area contributed by atoms with Crippen LogP contribution in [0.3, 0.4) is 0 Å². The van der Waals surface area contributed by atoms with Gasteiger partial charge in [-0.15, -0.1) is 0 Å². The molecule has 3 aliphatic carbocycles. The van der Waals surface area contributed by atoms with Crippen molar-refractivity contribution in [2.45, 2.75) is 62.1 Å². The van der Waals surface area contributed by atoms with Crippen LogP contribution in [0.25, 0.3) is 11.6 Å². The average Bonchev–Trinajstić information content (AvgIpc) is 3.46. The van der Waals surface area contributed by atoms with E-state index in [1.165, 1.54) is 46.2 Å². The van der Waals surface area contributed by atoms with E-state index in [1.54, 1.807) is 0 Å². The standard InChI is InChI=1S/C28H31O2Si.Li/c1-5-18(2)24-17-28(27(29)30-31(3)4,25-12-7-6-11-22(24)25)26-14-13-21-15-19-9-8-10-20(19)16-23(21)26;/h6-7,11-18,31H,5,8-10H2,1-4H3;. The number of benzene rings is 2. The number of carbonyl (C=O) groups excluding carboxylic acids is 1. The summed E-state index contributed by atoms with van der Waals surface area (Å²) in [6.45, 7) is 8.66. The molecule has 4 heteroatoms. The minimum absolute atomic E-state index is 0.0783. The number of hydrogen-bond donors (Lipinski definition) is 0. The van der Waals surface area contributed by atoms with Gasteiger partial charge in [0.1, 0.15) is 0 Å². The zero-order valence-electron chi connectivity index (χ0n) is 20.0. The average molecular weight is 435 g/mol. The second kappa shape index (κ2) is 7.91. The molecule has 0 N–H and O–H groups in total. The first-order valence-electron chi connectivity index (χ1n) is 12.2. The topological polar surface area (TPSA) is 26.3 Å². The molecule has 0 amide bonds. The van der Waals surface area contributed by atoms with E-state index in [-0.39, 0.29) is 5.97 Å². The normalized spacial score (nSPS) is 26.0. The summed E-state index contributed by atoms with van der Waals surface area (Å²) < 4.78 is 5.68. The molecule has 0 aromatic heterocycles. The Morgan fingerprint density at radius 1 is 1.16 bits per heavy atom. The van der Waals surface area contributed by atoms with Crippen molar-refractivity contribution in [3.05, 3.63) is 81.9 Å². The van der Waals surface area contributed by atoms with Gasteiger partial charge in [0.05, 0.1) is 0 Å². The Labute approximate surface area is 203 Å². The second-order valence-corrected chi connectivity index (χ2v) is 12.6. The van der Waals surface area contributed by atoms with E-state index in [2.05, 4.69) is 99.3 Å². The predicted octanol–water partition coefficient (Wildman–Crippen LogP) is 5.47. The van der Waals surface area contributed by atoms with Crippen LogP contribution < -0.4 is 0 Å². The Hall–Kier alpha value is -1.80. The fraction of sp³-hybridized carbons (Fsp3) is 0.393. The zero-order chi connectivity index (χ0) is 22.7. The van der Waals surface area contributed by atoms with Crippen molar-refractivity contribution in [1.82, 2.24) is 0 Å². The predicted molar refractivity (Wildman–Crippen MR) is 135 cm³/mol. The van der Waals surface area contributed by atoms with Crippen molar-refractivity contribution in [3.63, 3.8) is 0 Å². The van der Waals surface area contributed by atoms with Gasteiger partial charge in [0.15, 0.2) is 0 Å². The molecule has 2 aromatic carbocycles. The Balaban J connectivity index is 1.79. The number of allylic oxidation sites excluding steroid dienone is 2. The number of rotatable bonds is 5. The summed E-state index contributed by atoms with van der Waals surface area (Å²) in [5, 5.41) is 0. The van der Waals surface area contributed by atoms with E-state index in [0.717, 1.165) is 18.4 Å². The third-order valence-electron chi connectivity index (χ3n) is 8.08. The molecule has 0 heterocycles. The van der Waals surface area contributed by atoms with E-state index >= 15 is 0 Å². The summed E-state index contributed by atoms with van der Waals surface area (Å²) in [6, 6.07) is 13.3.